The number of rotatable bonds is 4. The van der Waals surface area contributed by atoms with Crippen molar-refractivity contribution < 1.29 is 5.11 Å². The van der Waals surface area contributed by atoms with Crippen LogP contribution in [0.5, 0.6) is 0 Å². The average molecular weight is 277 g/mol. The van der Waals surface area contributed by atoms with Crippen molar-refractivity contribution in [2.24, 2.45) is 0 Å². The molecule has 0 bridgehead atoms. The van der Waals surface area contributed by atoms with Crippen molar-refractivity contribution in [3.8, 4) is 6.07 Å². The number of aromatic amines is 1. The van der Waals surface area contributed by atoms with Crippen LogP contribution >= 0.6 is 0 Å². The van der Waals surface area contributed by atoms with E-state index < -0.39 is 5.41 Å². The lowest BCUT2D eigenvalue weighted by Gasteiger charge is -2.21. The Balaban J connectivity index is 2.06. The Bertz CT molecular complexity index is 755. The molecule has 0 fully saturated rings. The minimum absolute atomic E-state index is 0.280. The molecule has 0 amide bonds. The van der Waals surface area contributed by atoms with Crippen molar-refractivity contribution in [2.45, 2.75) is 11.8 Å². The standard InChI is InChI=1S/C17H15N3O/c18-11-17(12-21,10-13-6-2-1-3-7-13)16-19-14-8-4-5-9-15(14)20-16/h1-9,21H,10,12H2,(H,19,20). The fourth-order valence-electron chi connectivity index (χ4n) is 2.47. The van der Waals surface area contributed by atoms with Gasteiger partial charge in [0.2, 0.25) is 0 Å². The lowest BCUT2D eigenvalue weighted by atomic mass is 9.83. The predicted octanol–water partition coefficient (Wildman–Crippen LogP) is 2.56. The number of aromatic nitrogens is 2. The number of nitrogens with one attached hydrogen (secondary N) is 1. The maximum Gasteiger partial charge on any atom is 0.142 e. The molecule has 0 spiro atoms. The zero-order valence-electron chi connectivity index (χ0n) is 11.5. The number of fused-ring (bicyclic) bond motifs is 1. The molecule has 21 heavy (non-hydrogen) atoms. The van der Waals surface area contributed by atoms with Gasteiger partial charge in [0.15, 0.2) is 0 Å². The zero-order valence-corrected chi connectivity index (χ0v) is 11.5. The molecule has 0 radical (unpaired) electrons. The quantitative estimate of drug-likeness (QED) is 0.769. The van der Waals surface area contributed by atoms with Crippen LogP contribution in [-0.4, -0.2) is 21.7 Å². The summed E-state index contributed by atoms with van der Waals surface area (Å²) < 4.78 is 0. The molecule has 2 aromatic carbocycles. The number of benzene rings is 2. The zero-order chi connectivity index (χ0) is 14.7. The highest BCUT2D eigenvalue weighted by atomic mass is 16.3. The van der Waals surface area contributed by atoms with Gasteiger partial charge in [0.1, 0.15) is 11.2 Å². The fraction of sp³-hybridized carbons (Fsp3) is 0.176. The van der Waals surface area contributed by atoms with Crippen LogP contribution in [0, 0.1) is 11.3 Å². The molecule has 0 aliphatic heterocycles. The smallest absolute Gasteiger partial charge is 0.142 e. The molecular formula is C17H15N3O. The molecule has 3 aromatic rings. The van der Waals surface area contributed by atoms with Gasteiger partial charge >= 0.3 is 0 Å². The first-order valence-electron chi connectivity index (χ1n) is 6.79. The average Bonchev–Trinajstić information content (AvgIpc) is 2.98. The van der Waals surface area contributed by atoms with Gasteiger partial charge in [0.25, 0.3) is 0 Å². The second-order valence-electron chi connectivity index (χ2n) is 5.12. The highest BCUT2D eigenvalue weighted by Gasteiger charge is 2.35. The van der Waals surface area contributed by atoms with E-state index >= 15 is 0 Å². The third-order valence-corrected chi connectivity index (χ3v) is 3.68. The van der Waals surface area contributed by atoms with Gasteiger partial charge in [0.05, 0.1) is 23.7 Å². The van der Waals surface area contributed by atoms with Gasteiger partial charge in [-0.25, -0.2) is 4.98 Å². The van der Waals surface area contributed by atoms with Crippen molar-refractivity contribution in [1.82, 2.24) is 9.97 Å². The lowest BCUT2D eigenvalue weighted by molar-refractivity contribution is 0.223. The number of nitrogens with zero attached hydrogens (tertiary/aromatic N) is 2. The Kier molecular flexibility index (Phi) is 3.43. The normalized spacial score (nSPS) is 13.7. The van der Waals surface area contributed by atoms with Crippen LogP contribution in [0.4, 0.5) is 0 Å². The van der Waals surface area contributed by atoms with Gasteiger partial charge in [-0.1, -0.05) is 42.5 Å². The predicted molar refractivity (Wildman–Crippen MR) is 80.6 cm³/mol. The van der Waals surface area contributed by atoms with Crippen molar-refractivity contribution in [3.05, 3.63) is 66.0 Å². The summed E-state index contributed by atoms with van der Waals surface area (Å²) in [6.07, 6.45) is 0.417. The number of aliphatic hydroxyl groups excluding tert-OH is 1. The molecule has 3 rings (SSSR count). The van der Waals surface area contributed by atoms with Crippen LogP contribution < -0.4 is 0 Å². The second kappa shape index (κ2) is 5.39. The van der Waals surface area contributed by atoms with E-state index in [0.29, 0.717) is 12.2 Å². The van der Waals surface area contributed by atoms with Crippen LogP contribution in [-0.2, 0) is 11.8 Å². The number of aliphatic hydroxyl groups is 1. The van der Waals surface area contributed by atoms with E-state index in [-0.39, 0.29) is 6.61 Å². The summed E-state index contributed by atoms with van der Waals surface area (Å²) in [4.78, 5) is 7.65. The third-order valence-electron chi connectivity index (χ3n) is 3.68. The maximum atomic E-state index is 9.83. The van der Waals surface area contributed by atoms with Crippen molar-refractivity contribution in [1.29, 1.82) is 5.26 Å². The van der Waals surface area contributed by atoms with Crippen LogP contribution in [0.3, 0.4) is 0 Å². The number of H-pyrrole nitrogens is 1. The van der Waals surface area contributed by atoms with E-state index in [2.05, 4.69) is 16.0 Å². The molecule has 0 aliphatic rings. The van der Waals surface area contributed by atoms with Gasteiger partial charge in [-0.05, 0) is 17.7 Å². The minimum Gasteiger partial charge on any atom is -0.394 e. The van der Waals surface area contributed by atoms with Gasteiger partial charge in [0, 0.05) is 6.42 Å². The van der Waals surface area contributed by atoms with Crippen molar-refractivity contribution >= 4 is 11.0 Å². The van der Waals surface area contributed by atoms with Crippen LogP contribution in [0.2, 0.25) is 0 Å². The number of hydrogen-bond acceptors (Lipinski definition) is 3. The molecule has 1 aromatic heterocycles. The highest BCUT2D eigenvalue weighted by molar-refractivity contribution is 5.75. The summed E-state index contributed by atoms with van der Waals surface area (Å²) in [5.74, 6) is 0.512. The first-order valence-corrected chi connectivity index (χ1v) is 6.79. The Morgan fingerprint density at radius 3 is 2.48 bits per heavy atom. The Hall–Kier alpha value is -2.64. The Morgan fingerprint density at radius 2 is 1.81 bits per heavy atom. The van der Waals surface area contributed by atoms with Gasteiger partial charge in [-0.2, -0.15) is 5.26 Å². The van der Waals surface area contributed by atoms with Gasteiger partial charge in [-0.3, -0.25) is 0 Å². The number of imidazole rings is 1. The first kappa shape index (κ1) is 13.3. The van der Waals surface area contributed by atoms with E-state index in [1.165, 1.54) is 0 Å². The molecule has 0 aliphatic carbocycles. The SMILES string of the molecule is N#CC(CO)(Cc1ccccc1)c1nc2ccccc2[nH]1. The summed E-state index contributed by atoms with van der Waals surface area (Å²) in [5, 5.41) is 19.5. The van der Waals surface area contributed by atoms with Crippen molar-refractivity contribution in [2.75, 3.05) is 6.61 Å². The molecule has 0 saturated heterocycles. The van der Waals surface area contributed by atoms with E-state index in [1.807, 2.05) is 54.6 Å². The number of para-hydroxylation sites is 2. The fourth-order valence-corrected chi connectivity index (χ4v) is 2.47. The molecule has 1 heterocycles. The van der Waals surface area contributed by atoms with Crippen molar-refractivity contribution in [3.63, 3.8) is 0 Å². The Morgan fingerprint density at radius 1 is 1.10 bits per heavy atom. The molecular weight excluding hydrogens is 262 g/mol. The summed E-state index contributed by atoms with van der Waals surface area (Å²) in [5.41, 5.74) is 1.61. The molecule has 104 valence electrons. The minimum atomic E-state index is -1.06. The van der Waals surface area contributed by atoms with Crippen LogP contribution in [0.15, 0.2) is 54.6 Å². The molecule has 4 nitrogen and oxygen atoms in total. The van der Waals surface area contributed by atoms with Crippen LogP contribution in [0.1, 0.15) is 11.4 Å². The van der Waals surface area contributed by atoms with Gasteiger partial charge in [-0.15, -0.1) is 0 Å². The van der Waals surface area contributed by atoms with E-state index in [9.17, 15) is 10.4 Å². The van der Waals surface area contributed by atoms with Gasteiger partial charge < -0.3 is 10.1 Å². The summed E-state index contributed by atoms with van der Waals surface area (Å²) in [6, 6.07) is 19.5. The monoisotopic (exact) mass is 277 g/mol. The molecule has 1 atom stereocenters. The van der Waals surface area contributed by atoms with Crippen LogP contribution in [0.25, 0.3) is 11.0 Å². The summed E-state index contributed by atoms with van der Waals surface area (Å²) >= 11 is 0. The first-order chi connectivity index (χ1) is 10.3. The number of nitriles is 1. The van der Waals surface area contributed by atoms with E-state index in [4.69, 9.17) is 0 Å². The second-order valence-corrected chi connectivity index (χ2v) is 5.12. The number of hydrogen-bond donors (Lipinski definition) is 2. The molecule has 2 N–H and O–H groups in total. The lowest BCUT2D eigenvalue weighted by Crippen LogP contribution is -2.33. The molecule has 4 heteroatoms. The molecule has 0 saturated carbocycles. The highest BCUT2D eigenvalue weighted by Crippen LogP contribution is 2.27. The largest absolute Gasteiger partial charge is 0.394 e. The third kappa shape index (κ3) is 2.39. The van der Waals surface area contributed by atoms with E-state index in [1.54, 1.807) is 0 Å². The van der Waals surface area contributed by atoms with E-state index in [0.717, 1.165) is 16.6 Å². The maximum absolute atomic E-state index is 9.83. The topological polar surface area (TPSA) is 72.7 Å². The Labute approximate surface area is 122 Å². The summed E-state index contributed by atoms with van der Waals surface area (Å²) in [7, 11) is 0. The summed E-state index contributed by atoms with van der Waals surface area (Å²) in [6.45, 7) is -0.280. The molecule has 1 unspecified atom stereocenters.